The summed E-state index contributed by atoms with van der Waals surface area (Å²) in [6.45, 7) is 1.48. The molecule has 0 unspecified atom stereocenters. The first-order valence-corrected chi connectivity index (χ1v) is 7.67. The molecule has 0 radical (unpaired) electrons. The van der Waals surface area contributed by atoms with Gasteiger partial charge in [0.05, 0.1) is 13.2 Å². The van der Waals surface area contributed by atoms with Gasteiger partial charge < -0.3 is 9.47 Å². The molecule has 0 atom stereocenters. The van der Waals surface area contributed by atoms with E-state index in [9.17, 15) is 0 Å². The summed E-state index contributed by atoms with van der Waals surface area (Å²) in [6.07, 6.45) is 12.2. The van der Waals surface area contributed by atoms with Crippen molar-refractivity contribution in [1.82, 2.24) is 0 Å². The largest absolute Gasteiger partial charge is 0.380 e. The van der Waals surface area contributed by atoms with Crippen LogP contribution in [0.3, 0.4) is 0 Å². The number of hydrogen-bond donors (Lipinski definition) is 0. The Hall–Kier alpha value is -1.12. The predicted molar refractivity (Wildman–Crippen MR) is 81.7 cm³/mol. The summed E-state index contributed by atoms with van der Waals surface area (Å²) in [5, 5.41) is 0. The van der Waals surface area contributed by atoms with Gasteiger partial charge in [-0.3, -0.25) is 0 Å². The first-order valence-electron chi connectivity index (χ1n) is 7.67. The number of ether oxygens (including phenoxy) is 2. The Bertz CT molecular complexity index is 470. The standard InChI is InChI=1S/C18H24O2/c1-19-11-15-9-13-5-4-8-18(13)16(12-20-2)10-14-6-3-7-17(14)15/h9-10H,3-8,11-12H2,1-2H3/b13-9?,14-10?,15-9-,16-10-,17-15?,18-16?. The minimum atomic E-state index is 0.739. The van der Waals surface area contributed by atoms with Gasteiger partial charge in [-0.05, 0) is 72.0 Å². The summed E-state index contributed by atoms with van der Waals surface area (Å²) < 4.78 is 10.9. The van der Waals surface area contributed by atoms with Gasteiger partial charge in [0, 0.05) is 14.2 Å². The van der Waals surface area contributed by atoms with Gasteiger partial charge >= 0.3 is 0 Å². The van der Waals surface area contributed by atoms with E-state index in [0.717, 1.165) is 13.2 Å². The first-order chi connectivity index (χ1) is 9.83. The Balaban J connectivity index is 2.06. The van der Waals surface area contributed by atoms with Crippen molar-refractivity contribution in [3.05, 3.63) is 45.6 Å². The zero-order valence-corrected chi connectivity index (χ0v) is 12.6. The number of rotatable bonds is 4. The van der Waals surface area contributed by atoms with E-state index in [-0.39, 0.29) is 0 Å². The van der Waals surface area contributed by atoms with Crippen LogP contribution in [0.2, 0.25) is 0 Å². The third kappa shape index (κ3) is 2.55. The Morgan fingerprint density at radius 1 is 0.750 bits per heavy atom. The van der Waals surface area contributed by atoms with E-state index in [2.05, 4.69) is 12.2 Å². The fourth-order valence-electron chi connectivity index (χ4n) is 3.75. The molecule has 0 heterocycles. The van der Waals surface area contributed by atoms with E-state index in [0.29, 0.717) is 0 Å². The third-order valence-electron chi connectivity index (χ3n) is 4.59. The van der Waals surface area contributed by atoms with Crippen LogP contribution in [0.25, 0.3) is 0 Å². The van der Waals surface area contributed by atoms with Crippen LogP contribution in [0.15, 0.2) is 45.6 Å². The van der Waals surface area contributed by atoms with Gasteiger partial charge in [-0.2, -0.15) is 0 Å². The molecule has 0 fully saturated rings. The van der Waals surface area contributed by atoms with Gasteiger partial charge in [0.2, 0.25) is 0 Å². The maximum atomic E-state index is 5.44. The van der Waals surface area contributed by atoms with Crippen molar-refractivity contribution < 1.29 is 9.47 Å². The summed E-state index contributed by atoms with van der Waals surface area (Å²) >= 11 is 0. The minimum Gasteiger partial charge on any atom is -0.380 e. The molecule has 0 spiro atoms. The molecule has 0 amide bonds. The third-order valence-corrected chi connectivity index (χ3v) is 4.59. The molecule has 0 aromatic heterocycles. The second-order valence-electron chi connectivity index (χ2n) is 5.92. The zero-order valence-electron chi connectivity index (χ0n) is 12.6. The number of hydrogen-bond acceptors (Lipinski definition) is 2. The van der Waals surface area contributed by atoms with Crippen molar-refractivity contribution in [3.8, 4) is 0 Å². The lowest BCUT2D eigenvalue weighted by molar-refractivity contribution is 0.226. The second-order valence-corrected chi connectivity index (χ2v) is 5.92. The molecule has 0 aromatic carbocycles. The predicted octanol–water partition coefficient (Wildman–Crippen LogP) is 4.11. The summed E-state index contributed by atoms with van der Waals surface area (Å²) in [7, 11) is 3.59. The zero-order chi connectivity index (χ0) is 13.9. The van der Waals surface area contributed by atoms with Crippen molar-refractivity contribution in [3.63, 3.8) is 0 Å². The van der Waals surface area contributed by atoms with Gasteiger partial charge in [-0.15, -0.1) is 0 Å². The molecular weight excluding hydrogens is 248 g/mol. The van der Waals surface area contributed by atoms with E-state index in [1.165, 1.54) is 72.0 Å². The van der Waals surface area contributed by atoms with Crippen LogP contribution in [0.5, 0.6) is 0 Å². The highest BCUT2D eigenvalue weighted by molar-refractivity contribution is 5.55. The van der Waals surface area contributed by atoms with Crippen LogP contribution < -0.4 is 0 Å². The lowest BCUT2D eigenvalue weighted by atomic mass is 9.92. The highest BCUT2D eigenvalue weighted by Gasteiger charge is 2.24. The highest BCUT2D eigenvalue weighted by Crippen LogP contribution is 2.40. The molecule has 0 saturated heterocycles. The topological polar surface area (TPSA) is 18.5 Å². The van der Waals surface area contributed by atoms with E-state index >= 15 is 0 Å². The highest BCUT2D eigenvalue weighted by atomic mass is 16.5. The monoisotopic (exact) mass is 272 g/mol. The molecule has 3 rings (SSSR count). The maximum absolute atomic E-state index is 5.44. The van der Waals surface area contributed by atoms with E-state index in [1.54, 1.807) is 14.2 Å². The van der Waals surface area contributed by atoms with E-state index < -0.39 is 0 Å². The van der Waals surface area contributed by atoms with Crippen molar-refractivity contribution >= 4 is 0 Å². The van der Waals surface area contributed by atoms with E-state index in [4.69, 9.17) is 9.47 Å². The van der Waals surface area contributed by atoms with Gasteiger partial charge in [0.1, 0.15) is 0 Å². The van der Waals surface area contributed by atoms with Gasteiger partial charge in [0.25, 0.3) is 0 Å². The quantitative estimate of drug-likeness (QED) is 0.767. The molecule has 0 aromatic rings. The maximum Gasteiger partial charge on any atom is 0.0715 e. The molecule has 3 aliphatic carbocycles. The van der Waals surface area contributed by atoms with Crippen molar-refractivity contribution in [2.75, 3.05) is 27.4 Å². The molecule has 0 saturated carbocycles. The Labute approximate surface area is 121 Å². The molecular formula is C18H24O2. The lowest BCUT2D eigenvalue weighted by Gasteiger charge is -2.17. The van der Waals surface area contributed by atoms with Gasteiger partial charge in [-0.1, -0.05) is 12.2 Å². The van der Waals surface area contributed by atoms with Crippen LogP contribution >= 0.6 is 0 Å². The van der Waals surface area contributed by atoms with Crippen molar-refractivity contribution in [2.45, 2.75) is 38.5 Å². The van der Waals surface area contributed by atoms with Crippen LogP contribution in [0.4, 0.5) is 0 Å². The Morgan fingerprint density at radius 2 is 1.20 bits per heavy atom. The van der Waals surface area contributed by atoms with Crippen molar-refractivity contribution in [1.29, 1.82) is 0 Å². The summed E-state index contributed by atoms with van der Waals surface area (Å²) in [5.41, 5.74) is 8.89. The Morgan fingerprint density at radius 3 is 1.60 bits per heavy atom. The molecule has 3 aliphatic rings. The number of allylic oxidation sites excluding steroid dienone is 4. The fourth-order valence-corrected chi connectivity index (χ4v) is 3.75. The average molecular weight is 272 g/mol. The molecule has 2 nitrogen and oxygen atoms in total. The normalized spacial score (nSPS) is 27.5. The van der Waals surface area contributed by atoms with Crippen molar-refractivity contribution in [2.24, 2.45) is 0 Å². The lowest BCUT2D eigenvalue weighted by Crippen LogP contribution is -2.05. The smallest absolute Gasteiger partial charge is 0.0715 e. The SMILES string of the molecule is COC/C1=C/C2=C(CCC2)C(/COC)=C\C2=C1CCC2. The minimum absolute atomic E-state index is 0.739. The fraction of sp³-hybridized carbons (Fsp3) is 0.556. The molecule has 0 aliphatic heterocycles. The summed E-state index contributed by atoms with van der Waals surface area (Å²) in [6, 6.07) is 0. The van der Waals surface area contributed by atoms with Gasteiger partial charge in [-0.25, -0.2) is 0 Å². The van der Waals surface area contributed by atoms with Crippen LogP contribution in [0.1, 0.15) is 38.5 Å². The summed E-state index contributed by atoms with van der Waals surface area (Å²) in [5.74, 6) is 0. The molecule has 2 heteroatoms. The molecule has 0 bridgehead atoms. The molecule has 20 heavy (non-hydrogen) atoms. The second kappa shape index (κ2) is 6.11. The molecule has 0 N–H and O–H groups in total. The Kier molecular flexibility index (Phi) is 4.23. The van der Waals surface area contributed by atoms with Crippen LogP contribution in [0, 0.1) is 0 Å². The molecule has 108 valence electrons. The van der Waals surface area contributed by atoms with Crippen LogP contribution in [-0.2, 0) is 9.47 Å². The van der Waals surface area contributed by atoms with Crippen LogP contribution in [-0.4, -0.2) is 27.4 Å². The summed E-state index contributed by atoms with van der Waals surface area (Å²) in [4.78, 5) is 0. The average Bonchev–Trinajstić information content (AvgIpc) is 3.05. The van der Waals surface area contributed by atoms with Gasteiger partial charge in [0.15, 0.2) is 0 Å². The number of methoxy groups -OCH3 is 2. The van der Waals surface area contributed by atoms with E-state index in [1.807, 2.05) is 0 Å². The first kappa shape index (κ1) is 13.8.